The van der Waals surface area contributed by atoms with Crippen molar-refractivity contribution >= 4 is 35.3 Å². The predicted molar refractivity (Wildman–Crippen MR) is 137 cm³/mol. The quantitative estimate of drug-likeness (QED) is 0.476. The van der Waals surface area contributed by atoms with Crippen molar-refractivity contribution in [3.05, 3.63) is 41.6 Å². The Labute approximate surface area is 206 Å². The topological polar surface area (TPSA) is 87.7 Å². The highest BCUT2D eigenvalue weighted by molar-refractivity contribution is 7.98. The van der Waals surface area contributed by atoms with Crippen molar-refractivity contribution in [3.63, 3.8) is 0 Å². The maximum absolute atomic E-state index is 13.5. The summed E-state index contributed by atoms with van der Waals surface area (Å²) in [5.74, 6) is 0.530. The van der Waals surface area contributed by atoms with Crippen LogP contribution >= 0.6 is 11.8 Å². The van der Waals surface area contributed by atoms with Gasteiger partial charge in [0.25, 0.3) is 5.91 Å². The first kappa shape index (κ1) is 25.8. The number of amides is 2. The number of fused-ring (bicyclic) bond motifs is 1. The normalized spacial score (nSPS) is 15.9. The third-order valence-electron chi connectivity index (χ3n) is 6.06. The molecule has 0 fully saturated rings. The lowest BCUT2D eigenvalue weighted by Crippen LogP contribution is -2.42. The van der Waals surface area contributed by atoms with Crippen LogP contribution in [-0.4, -0.2) is 60.5 Å². The van der Waals surface area contributed by atoms with Gasteiger partial charge in [-0.2, -0.15) is 0 Å². The average Bonchev–Trinajstić information content (AvgIpc) is 2.92. The van der Waals surface area contributed by atoms with Gasteiger partial charge in [-0.05, 0) is 51.1 Å². The van der Waals surface area contributed by atoms with Crippen LogP contribution in [0.15, 0.2) is 35.6 Å². The number of benzene rings is 1. The minimum atomic E-state index is -0.435. The number of likely N-dealkylation sites (N-methyl/N-ethyl adjacent to an activating group) is 1. The van der Waals surface area contributed by atoms with E-state index in [0.29, 0.717) is 29.6 Å². The number of carbonyl (C=O) groups is 2. The largest absolute Gasteiger partial charge is 0.449 e. The predicted octanol–water partition coefficient (Wildman–Crippen LogP) is 4.49. The molecule has 0 bridgehead atoms. The lowest BCUT2D eigenvalue weighted by molar-refractivity contribution is 0.0989. The van der Waals surface area contributed by atoms with Crippen molar-refractivity contribution in [2.75, 3.05) is 42.8 Å². The van der Waals surface area contributed by atoms with Crippen LogP contribution in [-0.2, 0) is 10.2 Å². The molecule has 0 saturated carbocycles. The summed E-state index contributed by atoms with van der Waals surface area (Å²) >= 11 is 1.45. The molecule has 0 aliphatic carbocycles. The minimum Gasteiger partial charge on any atom is -0.449 e. The molecule has 3 rings (SSSR count). The highest BCUT2D eigenvalue weighted by atomic mass is 32.2. The SMILES string of the molecule is CCC(C)(COC(=O)NC(C)(C)C)c1cccc(N2CCN(C)c3nc(SC)ncc3C2=O)c1. The molecule has 1 atom stereocenters. The number of nitrogens with one attached hydrogen (secondary N) is 1. The molecule has 1 unspecified atom stereocenters. The number of thioether (sulfide) groups is 1. The number of nitrogens with zero attached hydrogens (tertiary/aromatic N) is 4. The van der Waals surface area contributed by atoms with Crippen LogP contribution in [0.4, 0.5) is 16.3 Å². The maximum Gasteiger partial charge on any atom is 0.407 e. The highest BCUT2D eigenvalue weighted by Crippen LogP contribution is 2.33. The van der Waals surface area contributed by atoms with Gasteiger partial charge in [-0.25, -0.2) is 14.8 Å². The number of rotatable bonds is 6. The Kier molecular flexibility index (Phi) is 7.75. The van der Waals surface area contributed by atoms with E-state index < -0.39 is 11.5 Å². The van der Waals surface area contributed by atoms with E-state index in [0.717, 1.165) is 17.7 Å². The number of aromatic nitrogens is 2. The Bertz CT molecular complexity index is 1060. The molecule has 0 saturated heterocycles. The molecule has 1 aliphatic rings. The number of hydrogen-bond donors (Lipinski definition) is 1. The molecular formula is C25H35N5O3S. The van der Waals surface area contributed by atoms with Crippen molar-refractivity contribution < 1.29 is 14.3 Å². The fraction of sp³-hybridized carbons (Fsp3) is 0.520. The minimum absolute atomic E-state index is 0.122. The summed E-state index contributed by atoms with van der Waals surface area (Å²) in [7, 11) is 1.94. The van der Waals surface area contributed by atoms with Crippen LogP contribution in [0, 0.1) is 0 Å². The van der Waals surface area contributed by atoms with Gasteiger partial charge in [0.2, 0.25) is 0 Å². The third kappa shape index (κ3) is 5.81. The van der Waals surface area contributed by atoms with Crippen molar-refractivity contribution in [2.45, 2.75) is 57.1 Å². The zero-order valence-corrected chi connectivity index (χ0v) is 22.0. The first-order valence-corrected chi connectivity index (χ1v) is 12.7. The first-order valence-electron chi connectivity index (χ1n) is 11.5. The molecule has 8 nitrogen and oxygen atoms in total. The van der Waals surface area contributed by atoms with Gasteiger partial charge in [-0.15, -0.1) is 0 Å². The van der Waals surface area contributed by atoms with Gasteiger partial charge >= 0.3 is 6.09 Å². The second kappa shape index (κ2) is 10.2. The monoisotopic (exact) mass is 485 g/mol. The number of hydrogen-bond acceptors (Lipinski definition) is 7. The zero-order valence-electron chi connectivity index (χ0n) is 21.1. The summed E-state index contributed by atoms with van der Waals surface area (Å²) in [5.41, 5.74) is 1.54. The van der Waals surface area contributed by atoms with Gasteiger partial charge < -0.3 is 19.9 Å². The maximum atomic E-state index is 13.5. The van der Waals surface area contributed by atoms with Gasteiger partial charge in [0.05, 0.1) is 0 Å². The van der Waals surface area contributed by atoms with Gasteiger partial charge in [0, 0.05) is 43.0 Å². The summed E-state index contributed by atoms with van der Waals surface area (Å²) in [5, 5.41) is 3.47. The highest BCUT2D eigenvalue weighted by Gasteiger charge is 2.31. The lowest BCUT2D eigenvalue weighted by Gasteiger charge is -2.31. The second-order valence-corrected chi connectivity index (χ2v) is 10.7. The Balaban J connectivity index is 1.87. The fourth-order valence-electron chi connectivity index (χ4n) is 3.75. The number of anilines is 2. The summed E-state index contributed by atoms with van der Waals surface area (Å²) in [6.45, 7) is 11.3. The third-order valence-corrected chi connectivity index (χ3v) is 6.62. The summed E-state index contributed by atoms with van der Waals surface area (Å²) in [4.78, 5) is 38.4. The molecule has 2 heterocycles. The molecule has 0 radical (unpaired) electrons. The van der Waals surface area contributed by atoms with E-state index in [4.69, 9.17) is 4.74 Å². The van der Waals surface area contributed by atoms with Crippen molar-refractivity contribution in [3.8, 4) is 0 Å². The Morgan fingerprint density at radius 1 is 1.24 bits per heavy atom. The lowest BCUT2D eigenvalue weighted by atomic mass is 9.80. The molecular weight excluding hydrogens is 450 g/mol. The fourth-order valence-corrected chi connectivity index (χ4v) is 4.09. The summed E-state index contributed by atoms with van der Waals surface area (Å²) in [6.07, 6.45) is 3.87. The van der Waals surface area contributed by atoms with Crippen molar-refractivity contribution in [2.24, 2.45) is 0 Å². The van der Waals surface area contributed by atoms with E-state index in [1.807, 2.05) is 63.2 Å². The van der Waals surface area contributed by atoms with E-state index >= 15 is 0 Å². The summed E-state index contributed by atoms with van der Waals surface area (Å²) in [6, 6.07) is 7.93. The molecule has 184 valence electrons. The molecule has 34 heavy (non-hydrogen) atoms. The number of alkyl carbamates (subject to hydrolysis) is 1. The zero-order chi connectivity index (χ0) is 25.1. The van der Waals surface area contributed by atoms with Crippen molar-refractivity contribution in [1.82, 2.24) is 15.3 Å². The molecule has 0 spiro atoms. The Hall–Kier alpha value is -2.81. The van der Waals surface area contributed by atoms with E-state index in [1.165, 1.54) is 11.8 Å². The molecule has 9 heteroatoms. The van der Waals surface area contributed by atoms with Gasteiger partial charge in [0.15, 0.2) is 5.16 Å². The second-order valence-electron chi connectivity index (χ2n) is 9.89. The molecule has 2 amide bonds. The summed E-state index contributed by atoms with van der Waals surface area (Å²) < 4.78 is 5.58. The van der Waals surface area contributed by atoms with E-state index in [1.54, 1.807) is 11.1 Å². The standard InChI is InChI=1S/C25H35N5O3S/c1-8-25(5,16-33-23(32)28-24(2,3)4)17-10-9-11-18(14-17)30-13-12-29(6)20-19(21(30)31)15-26-22(27-20)34-7/h9-11,14-15H,8,12-13,16H2,1-7H3,(H,28,32). The average molecular weight is 486 g/mol. The Morgan fingerprint density at radius 2 is 1.97 bits per heavy atom. The molecule has 1 aliphatic heterocycles. The number of carbonyl (C=O) groups excluding carboxylic acids is 2. The molecule has 1 aromatic heterocycles. The van der Waals surface area contributed by atoms with Crippen LogP contribution < -0.4 is 15.1 Å². The molecule has 1 aromatic carbocycles. The van der Waals surface area contributed by atoms with Crippen LogP contribution in [0.1, 0.15) is 57.0 Å². The van der Waals surface area contributed by atoms with Crippen LogP contribution in [0.3, 0.4) is 0 Å². The van der Waals surface area contributed by atoms with Crippen LogP contribution in [0.2, 0.25) is 0 Å². The van der Waals surface area contributed by atoms with Gasteiger partial charge in [-0.3, -0.25) is 4.79 Å². The number of ether oxygens (including phenoxy) is 1. The smallest absolute Gasteiger partial charge is 0.407 e. The molecule has 2 aromatic rings. The molecule has 1 N–H and O–H groups in total. The van der Waals surface area contributed by atoms with E-state index in [-0.39, 0.29) is 18.1 Å². The first-order chi connectivity index (χ1) is 16.0. The van der Waals surface area contributed by atoms with Crippen molar-refractivity contribution in [1.29, 1.82) is 0 Å². The van der Waals surface area contributed by atoms with E-state index in [9.17, 15) is 9.59 Å². The van der Waals surface area contributed by atoms with Crippen LogP contribution in [0.25, 0.3) is 0 Å². The van der Waals surface area contributed by atoms with Crippen LogP contribution in [0.5, 0.6) is 0 Å². The van der Waals surface area contributed by atoms with Gasteiger partial charge in [0.1, 0.15) is 18.0 Å². The van der Waals surface area contributed by atoms with E-state index in [2.05, 4.69) is 29.1 Å². The van der Waals surface area contributed by atoms with Gasteiger partial charge in [-0.1, -0.05) is 37.7 Å². The Morgan fingerprint density at radius 3 is 2.62 bits per heavy atom.